The summed E-state index contributed by atoms with van der Waals surface area (Å²) < 4.78 is 31.9. The average Bonchev–Trinajstić information content (AvgIpc) is 2.65. The zero-order valence-electron chi connectivity index (χ0n) is 12.2. The number of likely N-dealkylation sites (N-methyl/N-ethyl adjacent to an activating group) is 1. The van der Waals surface area contributed by atoms with E-state index < -0.39 is 11.6 Å². The Hall–Kier alpha value is -1.68. The maximum absolute atomic E-state index is 13.3. The highest BCUT2D eigenvalue weighted by Crippen LogP contribution is 2.29. The second kappa shape index (κ2) is 5.75. The minimum absolute atomic E-state index is 0.0114. The molecule has 0 aliphatic rings. The fourth-order valence-electron chi connectivity index (χ4n) is 2.57. The predicted octanol–water partition coefficient (Wildman–Crippen LogP) is 3.99. The fraction of sp³-hybridized carbons (Fsp3) is 0.375. The third-order valence-electron chi connectivity index (χ3n) is 3.74. The van der Waals surface area contributed by atoms with Crippen LogP contribution >= 0.6 is 0 Å². The van der Waals surface area contributed by atoms with Crippen molar-refractivity contribution >= 4 is 0 Å². The summed E-state index contributed by atoms with van der Waals surface area (Å²) in [5.41, 5.74) is 2.94. The normalized spacial score (nSPS) is 12.7. The van der Waals surface area contributed by atoms with Gasteiger partial charge in [-0.05, 0) is 57.5 Å². The molecular weight excluding hydrogens is 260 g/mol. The molecule has 108 valence electrons. The van der Waals surface area contributed by atoms with Crippen molar-refractivity contribution in [3.63, 3.8) is 0 Å². The van der Waals surface area contributed by atoms with Crippen LogP contribution in [0.4, 0.5) is 8.78 Å². The third-order valence-corrected chi connectivity index (χ3v) is 3.74. The van der Waals surface area contributed by atoms with E-state index >= 15 is 0 Å². The van der Waals surface area contributed by atoms with Crippen LogP contribution in [0.25, 0.3) is 0 Å². The first-order chi connectivity index (χ1) is 9.43. The molecule has 0 spiro atoms. The summed E-state index contributed by atoms with van der Waals surface area (Å²) in [5, 5.41) is 3.22. The summed E-state index contributed by atoms with van der Waals surface area (Å²) >= 11 is 0. The number of hydrogen-bond acceptors (Lipinski definition) is 2. The van der Waals surface area contributed by atoms with E-state index in [2.05, 4.69) is 5.32 Å². The summed E-state index contributed by atoms with van der Waals surface area (Å²) in [6.07, 6.45) is 0.578. The lowest BCUT2D eigenvalue weighted by atomic mass is 9.96. The van der Waals surface area contributed by atoms with Crippen LogP contribution in [0.3, 0.4) is 0 Å². The molecular formula is C16H19F2NO. The molecule has 0 radical (unpaired) electrons. The number of furan rings is 1. The van der Waals surface area contributed by atoms with E-state index in [1.54, 1.807) is 6.07 Å². The van der Waals surface area contributed by atoms with Crippen LogP contribution in [0.15, 0.2) is 22.6 Å². The van der Waals surface area contributed by atoms with E-state index in [1.165, 1.54) is 6.07 Å². The molecule has 1 aromatic heterocycles. The van der Waals surface area contributed by atoms with Gasteiger partial charge in [-0.2, -0.15) is 0 Å². The topological polar surface area (TPSA) is 25.2 Å². The van der Waals surface area contributed by atoms with Crippen LogP contribution in [0.2, 0.25) is 0 Å². The lowest BCUT2D eigenvalue weighted by molar-refractivity contribution is 0.488. The van der Waals surface area contributed by atoms with E-state index in [0.29, 0.717) is 6.42 Å². The molecule has 2 nitrogen and oxygen atoms in total. The summed E-state index contributed by atoms with van der Waals surface area (Å²) in [6, 6.07) is 4.03. The zero-order chi connectivity index (χ0) is 14.9. The third kappa shape index (κ3) is 2.75. The second-order valence-corrected chi connectivity index (χ2v) is 5.05. The summed E-state index contributed by atoms with van der Waals surface area (Å²) in [4.78, 5) is 0. The van der Waals surface area contributed by atoms with Gasteiger partial charge < -0.3 is 9.73 Å². The first kappa shape index (κ1) is 14.7. The molecule has 1 aromatic carbocycles. The molecule has 1 heterocycles. The van der Waals surface area contributed by atoms with Gasteiger partial charge in [-0.25, -0.2) is 8.78 Å². The van der Waals surface area contributed by atoms with Crippen molar-refractivity contribution < 1.29 is 13.2 Å². The molecule has 0 bridgehead atoms. The minimum atomic E-state index is -0.818. The van der Waals surface area contributed by atoms with Gasteiger partial charge in [-0.3, -0.25) is 0 Å². The van der Waals surface area contributed by atoms with Crippen molar-refractivity contribution in [3.05, 3.63) is 58.0 Å². The van der Waals surface area contributed by atoms with Crippen LogP contribution < -0.4 is 5.32 Å². The lowest BCUT2D eigenvalue weighted by Crippen LogP contribution is -2.20. The molecule has 1 unspecified atom stereocenters. The maximum atomic E-state index is 13.3. The first-order valence-electron chi connectivity index (χ1n) is 6.61. The number of hydrogen-bond donors (Lipinski definition) is 1. The summed E-state index contributed by atoms with van der Waals surface area (Å²) in [7, 11) is 1.85. The highest BCUT2D eigenvalue weighted by Gasteiger charge is 2.20. The molecule has 0 aliphatic heterocycles. The molecule has 0 aliphatic carbocycles. The second-order valence-electron chi connectivity index (χ2n) is 5.05. The van der Waals surface area contributed by atoms with E-state index in [1.807, 2.05) is 27.8 Å². The SMILES string of the molecule is CNC(Cc1ccc(F)c(F)c1)c1c(C)oc(C)c1C. The number of benzene rings is 1. The van der Waals surface area contributed by atoms with Gasteiger partial charge in [0.25, 0.3) is 0 Å². The van der Waals surface area contributed by atoms with Gasteiger partial charge in [0.2, 0.25) is 0 Å². The number of halogens is 2. The Kier molecular flexibility index (Phi) is 4.23. The average molecular weight is 279 g/mol. The van der Waals surface area contributed by atoms with Crippen molar-refractivity contribution in [3.8, 4) is 0 Å². The number of nitrogens with one attached hydrogen (secondary N) is 1. The van der Waals surface area contributed by atoms with Crippen LogP contribution in [-0.4, -0.2) is 7.05 Å². The van der Waals surface area contributed by atoms with Crippen molar-refractivity contribution in [2.75, 3.05) is 7.05 Å². The Morgan fingerprint density at radius 2 is 1.80 bits per heavy atom. The van der Waals surface area contributed by atoms with Gasteiger partial charge in [-0.1, -0.05) is 6.07 Å². The van der Waals surface area contributed by atoms with Crippen LogP contribution in [0, 0.1) is 32.4 Å². The van der Waals surface area contributed by atoms with E-state index in [4.69, 9.17) is 4.42 Å². The summed E-state index contributed by atoms with van der Waals surface area (Å²) in [6.45, 7) is 5.86. The van der Waals surface area contributed by atoms with Gasteiger partial charge in [0.1, 0.15) is 11.5 Å². The molecule has 2 rings (SSSR count). The van der Waals surface area contributed by atoms with Gasteiger partial charge in [-0.15, -0.1) is 0 Å². The lowest BCUT2D eigenvalue weighted by Gasteiger charge is -2.17. The maximum Gasteiger partial charge on any atom is 0.159 e. The molecule has 0 amide bonds. The summed E-state index contributed by atoms with van der Waals surface area (Å²) in [5.74, 6) is 0.125. The molecule has 0 saturated heterocycles. The molecule has 2 aromatic rings. The number of aryl methyl sites for hydroxylation is 2. The van der Waals surface area contributed by atoms with Crippen molar-refractivity contribution in [2.24, 2.45) is 0 Å². The Bertz CT molecular complexity index is 619. The Morgan fingerprint density at radius 1 is 1.10 bits per heavy atom. The van der Waals surface area contributed by atoms with E-state index in [-0.39, 0.29) is 6.04 Å². The van der Waals surface area contributed by atoms with Gasteiger partial charge in [0.15, 0.2) is 11.6 Å². The molecule has 4 heteroatoms. The molecule has 0 saturated carbocycles. The van der Waals surface area contributed by atoms with E-state index in [0.717, 1.165) is 34.3 Å². The highest BCUT2D eigenvalue weighted by molar-refractivity contribution is 5.35. The van der Waals surface area contributed by atoms with Crippen molar-refractivity contribution in [2.45, 2.75) is 33.2 Å². The van der Waals surface area contributed by atoms with Crippen LogP contribution in [0.5, 0.6) is 0 Å². The van der Waals surface area contributed by atoms with Gasteiger partial charge in [0.05, 0.1) is 0 Å². The van der Waals surface area contributed by atoms with Crippen LogP contribution in [-0.2, 0) is 6.42 Å². The zero-order valence-corrected chi connectivity index (χ0v) is 12.2. The Labute approximate surface area is 117 Å². The molecule has 1 atom stereocenters. The van der Waals surface area contributed by atoms with E-state index in [9.17, 15) is 8.78 Å². The van der Waals surface area contributed by atoms with Gasteiger partial charge >= 0.3 is 0 Å². The van der Waals surface area contributed by atoms with Crippen LogP contribution in [0.1, 0.15) is 34.3 Å². The standard InChI is InChI=1S/C16H19F2NO/c1-9-10(2)20-11(3)16(9)15(19-4)8-12-5-6-13(17)14(18)7-12/h5-7,15,19H,8H2,1-4H3. The molecule has 0 fully saturated rings. The smallest absolute Gasteiger partial charge is 0.159 e. The minimum Gasteiger partial charge on any atom is -0.466 e. The van der Waals surface area contributed by atoms with Crippen molar-refractivity contribution in [1.29, 1.82) is 0 Å². The highest BCUT2D eigenvalue weighted by atomic mass is 19.2. The Morgan fingerprint density at radius 3 is 2.30 bits per heavy atom. The number of rotatable bonds is 4. The predicted molar refractivity (Wildman–Crippen MR) is 74.8 cm³/mol. The molecule has 1 N–H and O–H groups in total. The monoisotopic (exact) mass is 279 g/mol. The molecule has 20 heavy (non-hydrogen) atoms. The Balaban J connectivity index is 2.31. The first-order valence-corrected chi connectivity index (χ1v) is 6.61. The van der Waals surface area contributed by atoms with Crippen molar-refractivity contribution in [1.82, 2.24) is 5.32 Å². The van der Waals surface area contributed by atoms with Gasteiger partial charge in [0, 0.05) is 11.6 Å². The fourth-order valence-corrected chi connectivity index (χ4v) is 2.57. The largest absolute Gasteiger partial charge is 0.466 e. The quantitative estimate of drug-likeness (QED) is 0.915.